The number of anilines is 2. The van der Waals surface area contributed by atoms with E-state index in [9.17, 15) is 4.79 Å². The van der Waals surface area contributed by atoms with Gasteiger partial charge in [0.2, 0.25) is 0 Å². The first-order valence-corrected chi connectivity index (χ1v) is 11.9. The SMILES string of the molecule is C#Cc1cccc(NC(=C)c2cc3c(cc2N=CN)OCCN3C(=O)/C=C/CN2CCCCC2)c1. The lowest BCUT2D eigenvalue weighted by Gasteiger charge is -2.30. The van der Waals surface area contributed by atoms with Gasteiger partial charge in [0.1, 0.15) is 12.4 Å². The molecule has 180 valence electrons. The number of piperidine rings is 1. The number of hydrogen-bond acceptors (Lipinski definition) is 5. The first kappa shape index (κ1) is 24.1. The maximum atomic E-state index is 13.1. The maximum absolute atomic E-state index is 13.1. The number of nitrogens with one attached hydrogen (secondary N) is 1. The van der Waals surface area contributed by atoms with Crippen molar-refractivity contribution < 1.29 is 9.53 Å². The summed E-state index contributed by atoms with van der Waals surface area (Å²) in [5, 5.41) is 3.28. The Labute approximate surface area is 207 Å². The van der Waals surface area contributed by atoms with Crippen molar-refractivity contribution in [3.8, 4) is 18.1 Å². The van der Waals surface area contributed by atoms with E-state index in [0.29, 0.717) is 41.5 Å². The molecule has 0 spiro atoms. The molecule has 0 unspecified atom stereocenters. The third kappa shape index (κ3) is 5.92. The van der Waals surface area contributed by atoms with Crippen molar-refractivity contribution in [3.05, 3.63) is 66.3 Å². The molecule has 0 aromatic heterocycles. The van der Waals surface area contributed by atoms with Gasteiger partial charge in [-0.2, -0.15) is 0 Å². The number of likely N-dealkylation sites (tertiary alicyclic amines) is 1. The lowest BCUT2D eigenvalue weighted by Crippen LogP contribution is -2.37. The zero-order valence-electron chi connectivity index (χ0n) is 19.9. The average Bonchev–Trinajstić information content (AvgIpc) is 2.88. The van der Waals surface area contributed by atoms with Crippen molar-refractivity contribution in [3.63, 3.8) is 0 Å². The van der Waals surface area contributed by atoms with Crippen LogP contribution in [0.4, 0.5) is 17.1 Å². The van der Waals surface area contributed by atoms with Gasteiger partial charge in [-0.1, -0.05) is 31.1 Å². The zero-order chi connectivity index (χ0) is 24.6. The summed E-state index contributed by atoms with van der Waals surface area (Å²) >= 11 is 0. The van der Waals surface area contributed by atoms with Crippen molar-refractivity contribution in [1.29, 1.82) is 0 Å². The summed E-state index contributed by atoms with van der Waals surface area (Å²) in [6.07, 6.45) is 14.1. The second-order valence-corrected chi connectivity index (χ2v) is 8.55. The largest absolute Gasteiger partial charge is 0.489 e. The number of nitrogens with two attached hydrogens (primary N) is 1. The van der Waals surface area contributed by atoms with Crippen molar-refractivity contribution in [1.82, 2.24) is 4.90 Å². The van der Waals surface area contributed by atoms with Gasteiger partial charge in [0.25, 0.3) is 5.91 Å². The molecule has 1 saturated heterocycles. The fourth-order valence-electron chi connectivity index (χ4n) is 4.37. The van der Waals surface area contributed by atoms with Gasteiger partial charge in [-0.05, 0) is 50.2 Å². The van der Waals surface area contributed by atoms with Gasteiger partial charge in [0, 0.05) is 41.2 Å². The minimum absolute atomic E-state index is 0.0760. The molecule has 7 heteroatoms. The van der Waals surface area contributed by atoms with Crippen LogP contribution in [0.5, 0.6) is 5.75 Å². The Bertz CT molecular complexity index is 1190. The van der Waals surface area contributed by atoms with Gasteiger partial charge in [-0.25, -0.2) is 4.99 Å². The molecule has 3 N–H and O–H groups in total. The number of carbonyl (C=O) groups excluding carboxylic acids is 1. The normalized spacial score (nSPS) is 16.0. The topological polar surface area (TPSA) is 83.2 Å². The van der Waals surface area contributed by atoms with Crippen LogP contribution in [0.3, 0.4) is 0 Å². The molecule has 2 aromatic rings. The lowest BCUT2D eigenvalue weighted by molar-refractivity contribution is -0.114. The van der Waals surface area contributed by atoms with Crippen molar-refractivity contribution >= 4 is 35.0 Å². The van der Waals surface area contributed by atoms with Crippen molar-refractivity contribution in [2.45, 2.75) is 19.3 Å². The predicted octanol–water partition coefficient (Wildman–Crippen LogP) is 4.14. The fourth-order valence-corrected chi connectivity index (χ4v) is 4.37. The Kier molecular flexibility index (Phi) is 7.86. The number of amides is 1. The van der Waals surface area contributed by atoms with Gasteiger partial charge in [-0.3, -0.25) is 9.69 Å². The third-order valence-electron chi connectivity index (χ3n) is 6.14. The molecule has 0 radical (unpaired) electrons. The summed E-state index contributed by atoms with van der Waals surface area (Å²) < 4.78 is 5.86. The quantitative estimate of drug-likeness (QED) is 0.276. The number of hydrogen-bond donors (Lipinski definition) is 2. The zero-order valence-corrected chi connectivity index (χ0v) is 19.9. The number of aliphatic imine (C=N–C) groups is 1. The van der Waals surface area contributed by atoms with Gasteiger partial charge >= 0.3 is 0 Å². The molecule has 0 aliphatic carbocycles. The van der Waals surface area contributed by atoms with Crippen LogP contribution in [-0.4, -0.2) is 49.9 Å². The van der Waals surface area contributed by atoms with Gasteiger partial charge in [0.15, 0.2) is 0 Å². The summed E-state index contributed by atoms with van der Waals surface area (Å²) in [7, 11) is 0. The second kappa shape index (κ2) is 11.4. The Balaban J connectivity index is 1.58. The molecular weight excluding hydrogens is 438 g/mol. The second-order valence-electron chi connectivity index (χ2n) is 8.55. The van der Waals surface area contributed by atoms with E-state index in [-0.39, 0.29) is 5.91 Å². The van der Waals surface area contributed by atoms with Crippen LogP contribution in [0.1, 0.15) is 30.4 Å². The van der Waals surface area contributed by atoms with E-state index >= 15 is 0 Å². The highest BCUT2D eigenvalue weighted by atomic mass is 16.5. The highest BCUT2D eigenvalue weighted by Crippen LogP contribution is 2.40. The molecule has 2 heterocycles. The smallest absolute Gasteiger partial charge is 0.250 e. The van der Waals surface area contributed by atoms with Crippen molar-refractivity contribution in [2.24, 2.45) is 10.7 Å². The van der Waals surface area contributed by atoms with E-state index < -0.39 is 0 Å². The van der Waals surface area contributed by atoms with Crippen LogP contribution in [0.25, 0.3) is 5.70 Å². The highest BCUT2D eigenvalue weighted by molar-refractivity contribution is 6.03. The molecule has 1 fully saturated rings. The molecule has 0 bridgehead atoms. The summed E-state index contributed by atoms with van der Waals surface area (Å²) in [5.41, 5.74) is 9.74. The third-order valence-corrected chi connectivity index (χ3v) is 6.14. The number of fused-ring (bicyclic) bond motifs is 1. The molecule has 2 aliphatic heterocycles. The number of rotatable bonds is 7. The number of nitrogens with zero attached hydrogens (tertiary/aromatic N) is 3. The van der Waals surface area contributed by atoms with Gasteiger partial charge in [-0.15, -0.1) is 6.42 Å². The van der Waals surface area contributed by atoms with Crippen molar-refractivity contribution in [2.75, 3.05) is 43.0 Å². The van der Waals surface area contributed by atoms with E-state index in [0.717, 1.165) is 30.9 Å². The number of benzene rings is 2. The summed E-state index contributed by atoms with van der Waals surface area (Å²) in [6.45, 7) is 8.03. The molecular formula is C28H31N5O2. The number of ether oxygens (including phenoxy) is 1. The van der Waals surface area contributed by atoms with Crippen LogP contribution in [0.2, 0.25) is 0 Å². The standard InChI is InChI=1S/C28H31N5O2/c1-3-22-9-7-10-23(17-22)31-21(2)24-18-26-27(19-25(24)30-20-29)35-16-15-33(26)28(34)11-8-14-32-12-5-4-6-13-32/h1,7-11,17-20,31H,2,4-6,12-16H2,(H2,29,30)/b11-8+. The average molecular weight is 470 g/mol. The predicted molar refractivity (Wildman–Crippen MR) is 143 cm³/mol. The van der Waals surface area contributed by atoms with Gasteiger partial charge in [0.05, 0.1) is 24.3 Å². The summed E-state index contributed by atoms with van der Waals surface area (Å²) in [5.74, 6) is 3.14. The van der Waals surface area contributed by atoms with Crippen LogP contribution in [0, 0.1) is 12.3 Å². The molecule has 4 rings (SSSR count). The van der Waals surface area contributed by atoms with Crippen LogP contribution in [-0.2, 0) is 4.79 Å². The number of carbonyl (C=O) groups is 1. The Morgan fingerprint density at radius 3 is 2.83 bits per heavy atom. The molecule has 0 atom stereocenters. The van der Waals surface area contributed by atoms with Crippen LogP contribution < -0.4 is 20.7 Å². The molecule has 1 amide bonds. The Morgan fingerprint density at radius 2 is 2.06 bits per heavy atom. The maximum Gasteiger partial charge on any atom is 0.250 e. The Morgan fingerprint density at radius 1 is 1.23 bits per heavy atom. The molecule has 35 heavy (non-hydrogen) atoms. The molecule has 2 aliphatic rings. The first-order chi connectivity index (χ1) is 17.1. The van der Waals surface area contributed by atoms with E-state index in [1.165, 1.54) is 25.6 Å². The van der Waals surface area contributed by atoms with Crippen LogP contribution >= 0.6 is 0 Å². The summed E-state index contributed by atoms with van der Waals surface area (Å²) in [6, 6.07) is 11.2. The van der Waals surface area contributed by atoms with E-state index in [1.54, 1.807) is 17.0 Å². The number of terminal acetylenes is 1. The van der Waals surface area contributed by atoms with E-state index in [2.05, 4.69) is 27.7 Å². The minimum Gasteiger partial charge on any atom is -0.489 e. The molecule has 7 nitrogen and oxygen atoms in total. The molecule has 0 saturated carbocycles. The van der Waals surface area contributed by atoms with Gasteiger partial charge < -0.3 is 20.7 Å². The first-order valence-electron chi connectivity index (χ1n) is 11.9. The minimum atomic E-state index is -0.0760. The fraction of sp³-hybridized carbons (Fsp3) is 0.286. The molecule has 2 aromatic carbocycles. The van der Waals surface area contributed by atoms with E-state index in [1.807, 2.05) is 36.4 Å². The monoisotopic (exact) mass is 469 g/mol. The Hall–Kier alpha value is -4.02. The van der Waals surface area contributed by atoms with Crippen LogP contribution in [0.15, 0.2) is 60.1 Å². The summed E-state index contributed by atoms with van der Waals surface area (Å²) in [4.78, 5) is 21.5. The lowest BCUT2D eigenvalue weighted by atomic mass is 10.1. The van der Waals surface area contributed by atoms with E-state index in [4.69, 9.17) is 16.9 Å². The highest BCUT2D eigenvalue weighted by Gasteiger charge is 2.25.